The second-order valence-electron chi connectivity index (χ2n) is 8.84. The van der Waals surface area contributed by atoms with Crippen molar-refractivity contribution in [1.29, 1.82) is 0 Å². The third-order valence-electron chi connectivity index (χ3n) is 6.65. The lowest BCUT2D eigenvalue weighted by Crippen LogP contribution is -2.47. The van der Waals surface area contributed by atoms with E-state index in [-0.39, 0.29) is 23.3 Å². The van der Waals surface area contributed by atoms with E-state index in [1.807, 2.05) is 19.9 Å². The van der Waals surface area contributed by atoms with Gasteiger partial charge in [-0.2, -0.15) is 0 Å². The van der Waals surface area contributed by atoms with Crippen LogP contribution in [0.4, 0.5) is 15.9 Å². The van der Waals surface area contributed by atoms with Crippen molar-refractivity contribution < 1.29 is 9.18 Å². The monoisotopic (exact) mass is 523 g/mol. The number of rotatable bonds is 5. The van der Waals surface area contributed by atoms with Gasteiger partial charge in [-0.15, -0.1) is 0 Å². The van der Waals surface area contributed by atoms with Crippen LogP contribution in [-0.4, -0.2) is 56.7 Å². The standard InChI is InChI=1S/C26H26FN5O2S2/c1-3-17(2)32-25(34)21(36-26(32)35)16-20-23(28-22-6-4-5-11-31(22)24(20)33)30-14-12-29(13-15-30)19-9-7-18(27)8-10-19/h4-11,16-17H,3,12-15H2,1-2H3/b21-16+/t17-/m1/s1. The van der Waals surface area contributed by atoms with E-state index in [0.29, 0.717) is 52.4 Å². The molecule has 0 N–H and O–H groups in total. The minimum Gasteiger partial charge on any atom is -0.368 e. The lowest BCUT2D eigenvalue weighted by Gasteiger charge is -2.37. The van der Waals surface area contributed by atoms with E-state index in [1.165, 1.54) is 28.3 Å². The number of aromatic nitrogens is 2. The fraction of sp³-hybridized carbons (Fsp3) is 0.308. The number of halogens is 1. The Bertz CT molecular complexity index is 1410. The van der Waals surface area contributed by atoms with Gasteiger partial charge in [-0.3, -0.25) is 18.9 Å². The molecule has 4 heterocycles. The number of nitrogens with zero attached hydrogens (tertiary/aromatic N) is 5. The zero-order valence-corrected chi connectivity index (χ0v) is 21.7. The minimum atomic E-state index is -0.262. The van der Waals surface area contributed by atoms with Crippen LogP contribution in [0.25, 0.3) is 11.7 Å². The topological polar surface area (TPSA) is 61.2 Å². The van der Waals surface area contributed by atoms with Gasteiger partial charge in [0.15, 0.2) is 0 Å². The van der Waals surface area contributed by atoms with E-state index in [0.717, 1.165) is 12.1 Å². The number of anilines is 2. The van der Waals surface area contributed by atoms with Crippen LogP contribution in [0.5, 0.6) is 0 Å². The Kier molecular flexibility index (Phi) is 6.81. The van der Waals surface area contributed by atoms with Gasteiger partial charge in [0.2, 0.25) is 0 Å². The summed E-state index contributed by atoms with van der Waals surface area (Å²) in [5.41, 5.74) is 1.64. The molecule has 0 spiro atoms. The Morgan fingerprint density at radius 1 is 1.08 bits per heavy atom. The molecule has 0 radical (unpaired) electrons. The summed E-state index contributed by atoms with van der Waals surface area (Å²) >= 11 is 6.70. The predicted octanol–water partition coefficient (Wildman–Crippen LogP) is 4.16. The van der Waals surface area contributed by atoms with Crippen LogP contribution in [0.2, 0.25) is 0 Å². The molecule has 0 saturated carbocycles. The summed E-state index contributed by atoms with van der Waals surface area (Å²) in [5.74, 6) is 0.115. The summed E-state index contributed by atoms with van der Waals surface area (Å²) < 4.78 is 15.3. The van der Waals surface area contributed by atoms with Crippen molar-refractivity contribution in [2.24, 2.45) is 0 Å². The smallest absolute Gasteiger partial charge is 0.267 e. The second-order valence-corrected chi connectivity index (χ2v) is 10.5. The highest BCUT2D eigenvalue weighted by atomic mass is 32.2. The molecule has 1 aromatic carbocycles. The molecule has 2 aromatic heterocycles. The Labute approximate surface area is 218 Å². The highest BCUT2D eigenvalue weighted by Crippen LogP contribution is 2.35. The van der Waals surface area contributed by atoms with Crippen molar-refractivity contribution in [2.45, 2.75) is 26.3 Å². The molecule has 186 valence electrons. The number of piperazine rings is 1. The number of hydrogen-bond acceptors (Lipinski definition) is 7. The van der Waals surface area contributed by atoms with Gasteiger partial charge in [0.05, 0.1) is 10.5 Å². The van der Waals surface area contributed by atoms with Crippen LogP contribution in [0, 0.1) is 5.82 Å². The molecule has 7 nitrogen and oxygen atoms in total. The molecule has 1 amide bonds. The van der Waals surface area contributed by atoms with E-state index in [4.69, 9.17) is 17.2 Å². The first kappa shape index (κ1) is 24.5. The molecule has 0 unspecified atom stereocenters. The number of pyridine rings is 1. The normalized spacial score (nSPS) is 18.5. The lowest BCUT2D eigenvalue weighted by atomic mass is 10.2. The average molecular weight is 524 g/mol. The van der Waals surface area contributed by atoms with Gasteiger partial charge in [-0.1, -0.05) is 37.0 Å². The highest BCUT2D eigenvalue weighted by molar-refractivity contribution is 8.26. The van der Waals surface area contributed by atoms with Gasteiger partial charge >= 0.3 is 0 Å². The molecule has 5 rings (SSSR count). The van der Waals surface area contributed by atoms with E-state index < -0.39 is 0 Å². The zero-order valence-electron chi connectivity index (χ0n) is 20.1. The van der Waals surface area contributed by atoms with Crippen molar-refractivity contribution in [1.82, 2.24) is 14.3 Å². The van der Waals surface area contributed by atoms with Crippen molar-refractivity contribution >= 4 is 57.4 Å². The van der Waals surface area contributed by atoms with Gasteiger partial charge in [-0.25, -0.2) is 9.37 Å². The number of thioether (sulfide) groups is 1. The van der Waals surface area contributed by atoms with Gasteiger partial charge in [0, 0.05) is 44.1 Å². The van der Waals surface area contributed by atoms with Gasteiger partial charge in [0.25, 0.3) is 11.5 Å². The quantitative estimate of drug-likeness (QED) is 0.368. The maximum atomic E-state index is 13.6. The number of fused-ring (bicyclic) bond motifs is 1. The van der Waals surface area contributed by atoms with Crippen molar-refractivity contribution in [3.63, 3.8) is 0 Å². The van der Waals surface area contributed by atoms with Crippen molar-refractivity contribution in [3.8, 4) is 0 Å². The SMILES string of the molecule is CC[C@@H](C)N1C(=O)/C(=C\c2c(N3CCN(c4ccc(F)cc4)CC3)nc3ccccn3c2=O)SC1=S. The Balaban J connectivity index is 1.51. The summed E-state index contributed by atoms with van der Waals surface area (Å²) in [6, 6.07) is 11.9. The third-order valence-corrected chi connectivity index (χ3v) is 7.98. The molecule has 0 bridgehead atoms. The second kappa shape index (κ2) is 10.0. The van der Waals surface area contributed by atoms with Gasteiger partial charge in [-0.05, 0) is 55.8 Å². The fourth-order valence-corrected chi connectivity index (χ4v) is 5.90. The predicted molar refractivity (Wildman–Crippen MR) is 147 cm³/mol. The van der Waals surface area contributed by atoms with Crippen LogP contribution in [0.15, 0.2) is 58.4 Å². The molecule has 1 atom stereocenters. The Morgan fingerprint density at radius 2 is 1.78 bits per heavy atom. The molecule has 3 aromatic rings. The molecular weight excluding hydrogens is 497 g/mol. The van der Waals surface area contributed by atoms with Crippen molar-refractivity contribution in [3.05, 3.63) is 75.3 Å². The zero-order chi connectivity index (χ0) is 25.4. The summed E-state index contributed by atoms with van der Waals surface area (Å²) in [6.45, 7) is 6.61. The first-order valence-corrected chi connectivity index (χ1v) is 13.1. The van der Waals surface area contributed by atoms with E-state index in [1.54, 1.807) is 41.4 Å². The van der Waals surface area contributed by atoms with E-state index in [9.17, 15) is 14.0 Å². The van der Waals surface area contributed by atoms with Crippen LogP contribution >= 0.6 is 24.0 Å². The van der Waals surface area contributed by atoms with Crippen LogP contribution in [-0.2, 0) is 4.79 Å². The van der Waals surface area contributed by atoms with E-state index in [2.05, 4.69) is 9.80 Å². The number of hydrogen-bond donors (Lipinski definition) is 0. The maximum Gasteiger partial charge on any atom is 0.267 e. The Hall–Kier alpha value is -3.24. The molecule has 2 aliphatic rings. The number of thiocarbonyl (C=S) groups is 1. The third kappa shape index (κ3) is 4.51. The first-order chi connectivity index (χ1) is 17.4. The average Bonchev–Trinajstić information content (AvgIpc) is 3.18. The number of amides is 1. The van der Waals surface area contributed by atoms with Gasteiger partial charge in [0.1, 0.15) is 21.6 Å². The van der Waals surface area contributed by atoms with Crippen LogP contribution in [0.1, 0.15) is 25.8 Å². The molecule has 2 saturated heterocycles. The highest BCUT2D eigenvalue weighted by Gasteiger charge is 2.35. The Morgan fingerprint density at radius 3 is 2.47 bits per heavy atom. The van der Waals surface area contributed by atoms with Crippen molar-refractivity contribution in [2.75, 3.05) is 36.0 Å². The summed E-state index contributed by atoms with van der Waals surface area (Å²) in [6.07, 6.45) is 4.12. The number of carbonyl (C=O) groups is 1. The molecule has 36 heavy (non-hydrogen) atoms. The summed E-state index contributed by atoms with van der Waals surface area (Å²) in [5, 5.41) is 0. The first-order valence-electron chi connectivity index (χ1n) is 11.9. The van der Waals surface area contributed by atoms with Crippen LogP contribution in [0.3, 0.4) is 0 Å². The largest absolute Gasteiger partial charge is 0.368 e. The molecule has 2 fully saturated rings. The lowest BCUT2D eigenvalue weighted by molar-refractivity contribution is -0.123. The number of benzene rings is 1. The summed E-state index contributed by atoms with van der Waals surface area (Å²) in [4.78, 5) is 37.9. The minimum absolute atomic E-state index is 0.0155. The molecular formula is C26H26FN5O2S2. The molecule has 2 aliphatic heterocycles. The molecule has 10 heteroatoms. The fourth-order valence-electron chi connectivity index (χ4n) is 4.46. The van der Waals surface area contributed by atoms with Gasteiger partial charge < -0.3 is 9.80 Å². The molecule has 0 aliphatic carbocycles. The summed E-state index contributed by atoms with van der Waals surface area (Å²) in [7, 11) is 0. The maximum absolute atomic E-state index is 13.6. The number of carbonyl (C=O) groups excluding carboxylic acids is 1. The van der Waals surface area contributed by atoms with E-state index >= 15 is 0 Å². The van der Waals surface area contributed by atoms with Crippen LogP contribution < -0.4 is 15.4 Å².